The minimum atomic E-state index is 0.172. The fourth-order valence-electron chi connectivity index (χ4n) is 3.22. The fourth-order valence-corrected chi connectivity index (χ4v) is 4.01. The number of hydrogen-bond donors (Lipinski definition) is 2. The number of guanidine groups is 1. The molecule has 4 rings (SSSR count). The molecule has 1 aromatic heterocycles. The predicted octanol–water partition coefficient (Wildman–Crippen LogP) is 2.62. The summed E-state index contributed by atoms with van der Waals surface area (Å²) in [6, 6.07) is 6.29. The summed E-state index contributed by atoms with van der Waals surface area (Å²) in [6.45, 7) is 4.09. The van der Waals surface area contributed by atoms with Crippen molar-refractivity contribution >= 4 is 17.3 Å². The summed E-state index contributed by atoms with van der Waals surface area (Å²) < 4.78 is 10.9. The minimum Gasteiger partial charge on any atom is -0.454 e. The number of fused-ring (bicyclic) bond motifs is 1. The van der Waals surface area contributed by atoms with E-state index in [4.69, 9.17) is 9.47 Å². The zero-order chi connectivity index (χ0) is 18.0. The Morgan fingerprint density at radius 1 is 1.27 bits per heavy atom. The maximum Gasteiger partial charge on any atom is 0.231 e. The van der Waals surface area contributed by atoms with Gasteiger partial charge in [0.25, 0.3) is 0 Å². The van der Waals surface area contributed by atoms with Crippen molar-refractivity contribution in [1.29, 1.82) is 0 Å². The van der Waals surface area contributed by atoms with Crippen LogP contribution in [0.15, 0.2) is 29.4 Å². The van der Waals surface area contributed by atoms with Crippen molar-refractivity contribution in [1.82, 2.24) is 15.6 Å². The highest BCUT2D eigenvalue weighted by molar-refractivity contribution is 7.11. The molecule has 1 aliphatic heterocycles. The number of thiazole rings is 1. The van der Waals surface area contributed by atoms with Gasteiger partial charge in [0, 0.05) is 43.0 Å². The number of nitrogens with zero attached hydrogens (tertiary/aromatic N) is 2. The van der Waals surface area contributed by atoms with Gasteiger partial charge in [0.05, 0.1) is 5.01 Å². The first-order valence-corrected chi connectivity index (χ1v) is 9.76. The van der Waals surface area contributed by atoms with Crippen LogP contribution in [0.2, 0.25) is 0 Å². The van der Waals surface area contributed by atoms with Gasteiger partial charge in [-0.1, -0.05) is 6.07 Å². The van der Waals surface area contributed by atoms with Crippen molar-refractivity contribution in [2.24, 2.45) is 4.99 Å². The van der Waals surface area contributed by atoms with E-state index in [9.17, 15) is 0 Å². The molecule has 0 saturated heterocycles. The van der Waals surface area contributed by atoms with E-state index >= 15 is 0 Å². The molecule has 0 unspecified atom stereocenters. The van der Waals surface area contributed by atoms with Crippen LogP contribution in [0.1, 0.15) is 28.3 Å². The van der Waals surface area contributed by atoms with Gasteiger partial charge in [-0.15, -0.1) is 11.3 Å². The van der Waals surface area contributed by atoms with E-state index in [0.717, 1.165) is 42.0 Å². The topological polar surface area (TPSA) is 67.8 Å². The average Bonchev–Trinajstić information content (AvgIpc) is 3.09. The van der Waals surface area contributed by atoms with Gasteiger partial charge >= 0.3 is 0 Å². The van der Waals surface area contributed by atoms with Crippen molar-refractivity contribution < 1.29 is 9.47 Å². The molecule has 2 aliphatic rings. The lowest BCUT2D eigenvalue weighted by atomic mass is 9.95. The fraction of sp³-hybridized carbons (Fsp3) is 0.474. The summed E-state index contributed by atoms with van der Waals surface area (Å²) in [5.41, 5.74) is 1.48. The number of rotatable bonds is 6. The van der Waals surface area contributed by atoms with Gasteiger partial charge in [-0.05, 0) is 37.5 Å². The van der Waals surface area contributed by atoms with Crippen molar-refractivity contribution in [3.63, 3.8) is 0 Å². The lowest BCUT2D eigenvalue weighted by Gasteiger charge is -2.19. The molecule has 6 nitrogen and oxygen atoms in total. The number of aliphatic imine (C=N–C) groups is 1. The van der Waals surface area contributed by atoms with Crippen LogP contribution in [-0.2, 0) is 11.8 Å². The van der Waals surface area contributed by atoms with Gasteiger partial charge in [-0.25, -0.2) is 4.98 Å². The van der Waals surface area contributed by atoms with Crippen LogP contribution in [-0.4, -0.2) is 37.9 Å². The third-order valence-electron chi connectivity index (χ3n) is 4.96. The second-order valence-corrected chi connectivity index (χ2v) is 8.13. The summed E-state index contributed by atoms with van der Waals surface area (Å²) in [5.74, 6) is 2.53. The van der Waals surface area contributed by atoms with E-state index in [2.05, 4.69) is 39.7 Å². The molecule has 1 aromatic carbocycles. The summed E-state index contributed by atoms with van der Waals surface area (Å²) >= 11 is 1.75. The van der Waals surface area contributed by atoms with E-state index < -0.39 is 0 Å². The number of aryl methyl sites for hydroxylation is 1. The second-order valence-electron chi connectivity index (χ2n) is 6.82. The van der Waals surface area contributed by atoms with Gasteiger partial charge in [-0.3, -0.25) is 4.99 Å². The van der Waals surface area contributed by atoms with Crippen LogP contribution in [0.25, 0.3) is 0 Å². The Morgan fingerprint density at radius 3 is 2.85 bits per heavy atom. The number of nitrogens with one attached hydrogen (secondary N) is 2. The van der Waals surface area contributed by atoms with Gasteiger partial charge in [-0.2, -0.15) is 0 Å². The molecule has 0 spiro atoms. The molecule has 7 heteroatoms. The molecule has 1 aliphatic carbocycles. The molecule has 0 amide bonds. The summed E-state index contributed by atoms with van der Waals surface area (Å²) in [4.78, 5) is 9.99. The lowest BCUT2D eigenvalue weighted by Crippen LogP contribution is -2.41. The van der Waals surface area contributed by atoms with Crippen LogP contribution >= 0.6 is 11.3 Å². The largest absolute Gasteiger partial charge is 0.454 e. The zero-order valence-corrected chi connectivity index (χ0v) is 16.0. The maximum atomic E-state index is 5.52. The van der Waals surface area contributed by atoms with E-state index in [1.807, 2.05) is 19.3 Å². The van der Waals surface area contributed by atoms with Crippen molar-refractivity contribution in [2.75, 3.05) is 26.9 Å². The molecule has 1 fully saturated rings. The van der Waals surface area contributed by atoms with Gasteiger partial charge in [0.1, 0.15) is 0 Å². The highest BCUT2D eigenvalue weighted by Crippen LogP contribution is 2.49. The highest BCUT2D eigenvalue weighted by Gasteiger charge is 2.44. The summed E-state index contributed by atoms with van der Waals surface area (Å²) in [5, 5.41) is 8.02. The molecule has 0 bridgehead atoms. The highest BCUT2D eigenvalue weighted by atomic mass is 32.1. The monoisotopic (exact) mass is 372 g/mol. The molecule has 138 valence electrons. The van der Waals surface area contributed by atoms with Gasteiger partial charge in [0.15, 0.2) is 17.5 Å². The Bertz CT molecular complexity index is 814. The average molecular weight is 372 g/mol. The first kappa shape index (κ1) is 17.1. The Balaban J connectivity index is 1.30. The van der Waals surface area contributed by atoms with E-state index in [-0.39, 0.29) is 5.41 Å². The lowest BCUT2D eigenvalue weighted by molar-refractivity contribution is 0.174. The SMILES string of the molecule is CN=C(NCCc1ncc(C)s1)NCC1(c2ccc3c(c2)OCO3)CC1. The van der Waals surface area contributed by atoms with Crippen molar-refractivity contribution in [2.45, 2.75) is 31.6 Å². The first-order chi connectivity index (χ1) is 12.7. The van der Waals surface area contributed by atoms with Crippen LogP contribution in [0.4, 0.5) is 0 Å². The van der Waals surface area contributed by atoms with Crippen molar-refractivity contribution in [3.05, 3.63) is 39.8 Å². The van der Waals surface area contributed by atoms with Crippen LogP contribution in [0.5, 0.6) is 11.5 Å². The smallest absolute Gasteiger partial charge is 0.231 e. The molecule has 2 aromatic rings. The first-order valence-electron chi connectivity index (χ1n) is 8.94. The van der Waals surface area contributed by atoms with E-state index in [1.165, 1.54) is 23.3 Å². The molecule has 26 heavy (non-hydrogen) atoms. The van der Waals surface area contributed by atoms with Gasteiger partial charge in [0.2, 0.25) is 6.79 Å². The number of hydrogen-bond acceptors (Lipinski definition) is 5. The van der Waals surface area contributed by atoms with E-state index in [0.29, 0.717) is 6.79 Å². The standard InChI is InChI=1S/C19H24N4O2S/c1-13-10-22-17(26-13)5-8-21-18(20-2)23-11-19(6-7-19)14-3-4-15-16(9-14)25-12-24-15/h3-4,9-10H,5-8,11-12H2,1-2H3,(H2,20,21,23). The quantitative estimate of drug-likeness (QED) is 0.603. The minimum absolute atomic E-state index is 0.172. The molecule has 1 saturated carbocycles. The van der Waals surface area contributed by atoms with Crippen LogP contribution in [0.3, 0.4) is 0 Å². The van der Waals surface area contributed by atoms with Crippen LogP contribution < -0.4 is 20.1 Å². The zero-order valence-electron chi connectivity index (χ0n) is 15.2. The molecular formula is C19H24N4O2S. The molecule has 2 heterocycles. The van der Waals surface area contributed by atoms with E-state index in [1.54, 1.807) is 11.3 Å². The molecule has 0 radical (unpaired) electrons. The Labute approximate surface area is 157 Å². The molecule has 2 N–H and O–H groups in total. The predicted molar refractivity (Wildman–Crippen MR) is 103 cm³/mol. The van der Waals surface area contributed by atoms with Crippen LogP contribution in [0, 0.1) is 6.92 Å². The Hall–Kier alpha value is -2.28. The Kier molecular flexibility index (Phi) is 4.72. The number of benzene rings is 1. The number of ether oxygens (including phenoxy) is 2. The third-order valence-corrected chi connectivity index (χ3v) is 5.93. The summed E-state index contributed by atoms with van der Waals surface area (Å²) in [6.07, 6.45) is 5.19. The van der Waals surface area contributed by atoms with Gasteiger partial charge < -0.3 is 20.1 Å². The normalized spacial score (nSPS) is 17.2. The Morgan fingerprint density at radius 2 is 2.12 bits per heavy atom. The maximum absolute atomic E-state index is 5.52. The van der Waals surface area contributed by atoms with Crippen molar-refractivity contribution in [3.8, 4) is 11.5 Å². The summed E-state index contributed by atoms with van der Waals surface area (Å²) in [7, 11) is 1.81. The third kappa shape index (κ3) is 3.62. The second kappa shape index (κ2) is 7.15. The molecule has 0 atom stereocenters. The molecular weight excluding hydrogens is 348 g/mol. The number of aromatic nitrogens is 1.